The lowest BCUT2D eigenvalue weighted by atomic mass is 9.95. The molecule has 1 unspecified atom stereocenters. The molecular formula is C53H35N3OP+. The average molecular weight is 761 g/mol. The molecule has 0 bridgehead atoms. The van der Waals surface area contributed by atoms with Crippen LogP contribution >= 0.6 is 7.49 Å². The Morgan fingerprint density at radius 3 is 1.64 bits per heavy atom. The second-order valence-electron chi connectivity index (χ2n) is 15.1. The third kappa shape index (κ3) is 4.68. The largest absolute Gasteiger partial charge is 0.309 e. The summed E-state index contributed by atoms with van der Waals surface area (Å²) in [5.41, 5.74) is 13.6. The highest BCUT2D eigenvalue weighted by molar-refractivity contribution is 7.92. The first-order valence-electron chi connectivity index (χ1n) is 19.7. The highest BCUT2D eigenvalue weighted by Gasteiger charge is 2.58. The molecule has 0 amide bonds. The average Bonchev–Trinajstić information content (AvgIpc) is 3.91. The predicted molar refractivity (Wildman–Crippen MR) is 244 cm³/mol. The van der Waals surface area contributed by atoms with Crippen molar-refractivity contribution in [2.24, 2.45) is 0 Å². The van der Waals surface area contributed by atoms with Gasteiger partial charge in [0.25, 0.3) is 7.49 Å². The summed E-state index contributed by atoms with van der Waals surface area (Å²) >= 11 is 0. The molecule has 0 fully saturated rings. The first-order chi connectivity index (χ1) is 28.7. The Bertz CT molecular complexity index is 3350. The zero-order valence-corrected chi connectivity index (χ0v) is 32.3. The fourth-order valence-corrected chi connectivity index (χ4v) is 12.9. The number of hydrogen-bond donors (Lipinski definition) is 1. The summed E-state index contributed by atoms with van der Waals surface area (Å²) in [6, 6.07) is 71.0. The van der Waals surface area contributed by atoms with E-state index in [1.54, 1.807) is 0 Å². The van der Waals surface area contributed by atoms with Gasteiger partial charge in [0, 0.05) is 56.2 Å². The molecule has 3 aromatic heterocycles. The highest BCUT2D eigenvalue weighted by Crippen LogP contribution is 2.62. The maximum absolute atomic E-state index is 14.0. The molecule has 58 heavy (non-hydrogen) atoms. The summed E-state index contributed by atoms with van der Waals surface area (Å²) < 4.78 is 4.76. The van der Waals surface area contributed by atoms with Crippen molar-refractivity contribution in [3.05, 3.63) is 206 Å². The summed E-state index contributed by atoms with van der Waals surface area (Å²) in [5.74, 6) is 0. The summed E-state index contributed by atoms with van der Waals surface area (Å²) in [6.07, 6.45) is 1.81. The van der Waals surface area contributed by atoms with E-state index in [1.807, 2.05) is 30.5 Å². The molecule has 0 spiro atoms. The second-order valence-corrected chi connectivity index (χ2v) is 17.7. The van der Waals surface area contributed by atoms with Crippen molar-refractivity contribution in [1.29, 1.82) is 0 Å². The van der Waals surface area contributed by atoms with E-state index < -0.39 is 7.49 Å². The molecule has 1 aliphatic heterocycles. The van der Waals surface area contributed by atoms with Crippen LogP contribution in [0.15, 0.2) is 206 Å². The minimum Gasteiger partial charge on any atom is -0.309 e. The van der Waals surface area contributed by atoms with Crippen molar-refractivity contribution in [2.75, 3.05) is 0 Å². The van der Waals surface area contributed by atoms with Gasteiger partial charge in [-0.1, -0.05) is 140 Å². The van der Waals surface area contributed by atoms with Gasteiger partial charge in [-0.3, -0.25) is 0 Å². The maximum Gasteiger partial charge on any atom is 0.261 e. The number of para-hydroxylation sites is 4. The van der Waals surface area contributed by atoms with Crippen molar-refractivity contribution in [1.82, 2.24) is 14.1 Å². The number of pyridine rings is 1. The van der Waals surface area contributed by atoms with Crippen LogP contribution in [0.1, 0.15) is 0 Å². The fourth-order valence-electron chi connectivity index (χ4n) is 9.54. The molecule has 0 aliphatic carbocycles. The Morgan fingerprint density at radius 1 is 0.379 bits per heavy atom. The van der Waals surface area contributed by atoms with Gasteiger partial charge >= 0.3 is 0 Å². The van der Waals surface area contributed by atoms with Gasteiger partial charge in [-0.05, 0) is 71.3 Å². The summed E-state index contributed by atoms with van der Waals surface area (Å²) in [6.45, 7) is 0. The molecule has 1 atom stereocenters. The SMILES string of the molecule is O[P+]1(c2ccccn2)c2c(-c3ccccc3)cccc2-c2cc(-c3ccc4c5ccccc5n(-c5ccccc5)c4c3)cc(-n3c4ccccc4c4ccccc43)c21. The lowest BCUT2D eigenvalue weighted by Gasteiger charge is -2.21. The van der Waals surface area contributed by atoms with Crippen LogP contribution in [0.25, 0.3) is 88.4 Å². The molecule has 0 radical (unpaired) electrons. The molecule has 8 aromatic carbocycles. The van der Waals surface area contributed by atoms with Crippen molar-refractivity contribution >= 4 is 67.1 Å². The molecule has 12 rings (SSSR count). The minimum atomic E-state index is -3.34. The zero-order chi connectivity index (χ0) is 38.4. The van der Waals surface area contributed by atoms with Crippen LogP contribution in [0.5, 0.6) is 0 Å². The first kappa shape index (κ1) is 33.1. The standard InChI is InChI=1S/C53H35N3OP/c57-58(51-28-13-14-31-54-51)52-39(35-16-3-1-4-17-35)23-15-24-44(52)45-32-37(34-50(53(45)58)56-47-26-11-8-20-40(47)41-21-9-12-27-48(41)56)36-29-30-43-42-22-7-10-25-46(42)55(49(43)33-36)38-18-5-2-6-19-38/h1-34,57H/q+1. The van der Waals surface area contributed by atoms with Crippen molar-refractivity contribution in [3.63, 3.8) is 0 Å². The molecule has 5 heteroatoms. The lowest BCUT2D eigenvalue weighted by molar-refractivity contribution is 0.633. The molecule has 4 nitrogen and oxygen atoms in total. The van der Waals surface area contributed by atoms with Crippen LogP contribution in [-0.2, 0) is 0 Å². The first-order valence-corrected chi connectivity index (χ1v) is 21.4. The van der Waals surface area contributed by atoms with Crippen LogP contribution in [0.4, 0.5) is 0 Å². The van der Waals surface area contributed by atoms with Gasteiger partial charge in [0.2, 0.25) is 5.44 Å². The Morgan fingerprint density at radius 2 is 0.966 bits per heavy atom. The minimum absolute atomic E-state index is 0.696. The Hall–Kier alpha value is -7.10. The van der Waals surface area contributed by atoms with E-state index in [4.69, 9.17) is 4.98 Å². The van der Waals surface area contributed by atoms with Crippen molar-refractivity contribution in [2.45, 2.75) is 0 Å². The van der Waals surface area contributed by atoms with Crippen molar-refractivity contribution in [3.8, 4) is 44.8 Å². The second kappa shape index (κ2) is 12.7. The zero-order valence-electron chi connectivity index (χ0n) is 31.4. The summed E-state index contributed by atoms with van der Waals surface area (Å²) in [7, 11) is -3.34. The smallest absolute Gasteiger partial charge is 0.261 e. The molecule has 0 saturated heterocycles. The van der Waals surface area contributed by atoms with Crippen LogP contribution < -0.4 is 16.0 Å². The Labute approximate surface area is 336 Å². The monoisotopic (exact) mass is 760 g/mol. The van der Waals surface area contributed by atoms with Gasteiger partial charge < -0.3 is 9.13 Å². The molecule has 11 aromatic rings. The number of rotatable bonds is 5. The highest BCUT2D eigenvalue weighted by atomic mass is 31.2. The van der Waals surface area contributed by atoms with E-state index in [0.717, 1.165) is 71.9 Å². The van der Waals surface area contributed by atoms with Crippen LogP contribution in [0.2, 0.25) is 0 Å². The van der Waals surface area contributed by atoms with Gasteiger partial charge in [-0.2, -0.15) is 0 Å². The van der Waals surface area contributed by atoms with Gasteiger partial charge in [0.05, 0.1) is 27.8 Å². The topological polar surface area (TPSA) is 43.0 Å². The maximum atomic E-state index is 14.0. The van der Waals surface area contributed by atoms with Crippen LogP contribution in [-0.4, -0.2) is 19.0 Å². The number of fused-ring (bicyclic) bond motifs is 9. The number of benzene rings is 8. The van der Waals surface area contributed by atoms with E-state index in [9.17, 15) is 4.89 Å². The van der Waals surface area contributed by atoms with E-state index in [-0.39, 0.29) is 0 Å². The van der Waals surface area contributed by atoms with Crippen molar-refractivity contribution < 1.29 is 4.89 Å². The predicted octanol–water partition coefficient (Wildman–Crippen LogP) is 11.8. The quantitative estimate of drug-likeness (QED) is 0.178. The third-order valence-electron chi connectivity index (χ3n) is 12.0. The van der Waals surface area contributed by atoms with E-state index in [0.29, 0.717) is 5.44 Å². The van der Waals surface area contributed by atoms with Crippen LogP contribution in [0.3, 0.4) is 0 Å². The molecule has 1 aliphatic rings. The number of hydrogen-bond acceptors (Lipinski definition) is 2. The molecule has 0 saturated carbocycles. The van der Waals surface area contributed by atoms with E-state index >= 15 is 0 Å². The van der Waals surface area contributed by atoms with Gasteiger partial charge in [0.1, 0.15) is 0 Å². The molecule has 1 N–H and O–H groups in total. The van der Waals surface area contributed by atoms with Crippen LogP contribution in [0, 0.1) is 0 Å². The van der Waals surface area contributed by atoms with E-state index in [2.05, 4.69) is 185 Å². The Kier molecular flexibility index (Phi) is 7.25. The van der Waals surface area contributed by atoms with Gasteiger partial charge in [-0.15, -0.1) is 0 Å². The lowest BCUT2D eigenvalue weighted by Crippen LogP contribution is -2.32. The Balaban J connectivity index is 1.23. The van der Waals surface area contributed by atoms with E-state index in [1.165, 1.54) is 27.1 Å². The molecule has 272 valence electrons. The third-order valence-corrected chi connectivity index (χ3v) is 15.1. The summed E-state index contributed by atoms with van der Waals surface area (Å²) in [4.78, 5) is 19.0. The molecule has 4 heterocycles. The summed E-state index contributed by atoms with van der Waals surface area (Å²) in [5, 5.41) is 6.66. The van der Waals surface area contributed by atoms with Gasteiger partial charge in [-0.25, -0.2) is 9.88 Å². The number of aromatic nitrogens is 3. The normalized spacial score (nSPS) is 14.7. The fraction of sp³-hybridized carbons (Fsp3) is 0. The number of nitrogens with zero attached hydrogens (tertiary/aromatic N) is 3. The van der Waals surface area contributed by atoms with Gasteiger partial charge in [0.15, 0.2) is 10.6 Å². The molecular weight excluding hydrogens is 726 g/mol.